The summed E-state index contributed by atoms with van der Waals surface area (Å²) >= 11 is 0. The quantitative estimate of drug-likeness (QED) is 0.732. The minimum Gasteiger partial charge on any atom is -0.367 e. The molecule has 0 bridgehead atoms. The van der Waals surface area contributed by atoms with Crippen LogP contribution in [0, 0.1) is 0 Å². The molecular weight excluding hydrogens is 190 g/mol. The minimum absolute atomic E-state index is 0.136. The predicted octanol–water partition coefficient (Wildman–Crippen LogP) is 1.50. The molecule has 14 heavy (non-hydrogen) atoms. The van der Waals surface area contributed by atoms with Gasteiger partial charge in [0.25, 0.3) is 11.8 Å². The first-order valence-electron chi connectivity index (χ1n) is 4.38. The molecule has 1 aliphatic rings. The van der Waals surface area contributed by atoms with E-state index in [1.54, 1.807) is 12.3 Å². The Bertz CT molecular complexity index is 335. The first-order valence-corrected chi connectivity index (χ1v) is 4.38. The number of amides is 1. The van der Waals surface area contributed by atoms with Gasteiger partial charge in [0.1, 0.15) is 0 Å². The van der Waals surface area contributed by atoms with Crippen LogP contribution >= 0.6 is 0 Å². The van der Waals surface area contributed by atoms with Gasteiger partial charge in [0.2, 0.25) is 0 Å². The third-order valence-corrected chi connectivity index (χ3v) is 2.30. The second kappa shape index (κ2) is 3.08. The number of hydrogen-bond donors (Lipinski definition) is 1. The number of alkyl halides is 2. The number of likely N-dealkylation sites (tertiary alicyclic amines) is 1. The Balaban J connectivity index is 2.08. The molecule has 0 saturated carbocycles. The second-order valence-corrected chi connectivity index (χ2v) is 3.43. The highest BCUT2D eigenvalue weighted by Crippen LogP contribution is 2.27. The summed E-state index contributed by atoms with van der Waals surface area (Å²) in [5.41, 5.74) is 0.433. The van der Waals surface area contributed by atoms with Gasteiger partial charge in [-0.2, -0.15) is 0 Å². The molecule has 0 unspecified atom stereocenters. The molecule has 1 N–H and O–H groups in total. The molecule has 0 radical (unpaired) electrons. The standard InChI is InChI=1S/C9H10F2N2O/c10-9(11)2-4-13(6-9)8(14)7-1-3-12-5-7/h1,3,5,12H,2,4,6H2. The van der Waals surface area contributed by atoms with Crippen molar-refractivity contribution in [1.82, 2.24) is 9.88 Å². The summed E-state index contributed by atoms with van der Waals surface area (Å²) in [5, 5.41) is 0. The molecule has 5 heteroatoms. The van der Waals surface area contributed by atoms with Crippen LogP contribution in [0.2, 0.25) is 0 Å². The Morgan fingerprint density at radius 3 is 2.86 bits per heavy atom. The largest absolute Gasteiger partial charge is 0.367 e. The number of nitrogens with one attached hydrogen (secondary N) is 1. The van der Waals surface area contributed by atoms with Crippen LogP contribution in [0.1, 0.15) is 16.8 Å². The number of carbonyl (C=O) groups excluding carboxylic acids is 1. The van der Waals surface area contributed by atoms with Gasteiger partial charge in [-0.05, 0) is 6.07 Å². The molecule has 1 aromatic rings. The Kier molecular flexibility index (Phi) is 2.02. The zero-order valence-corrected chi connectivity index (χ0v) is 7.46. The van der Waals surface area contributed by atoms with E-state index in [0.717, 1.165) is 0 Å². The monoisotopic (exact) mass is 200 g/mol. The SMILES string of the molecule is O=C(c1cc[nH]c1)N1CCC(F)(F)C1. The number of rotatable bonds is 1. The van der Waals surface area contributed by atoms with Crippen LogP contribution in [-0.2, 0) is 0 Å². The molecule has 0 atom stereocenters. The average Bonchev–Trinajstić information content (AvgIpc) is 2.72. The van der Waals surface area contributed by atoms with Gasteiger partial charge in [0.05, 0.1) is 12.1 Å². The van der Waals surface area contributed by atoms with Gasteiger partial charge >= 0.3 is 0 Å². The van der Waals surface area contributed by atoms with Gasteiger partial charge < -0.3 is 9.88 Å². The second-order valence-electron chi connectivity index (χ2n) is 3.43. The van der Waals surface area contributed by atoms with Crippen LogP contribution in [0.3, 0.4) is 0 Å². The molecule has 3 nitrogen and oxygen atoms in total. The molecule has 0 aromatic carbocycles. The molecule has 2 rings (SSSR count). The molecule has 1 aromatic heterocycles. The third kappa shape index (κ3) is 1.62. The molecule has 1 saturated heterocycles. The Hall–Kier alpha value is -1.39. The highest BCUT2D eigenvalue weighted by atomic mass is 19.3. The van der Waals surface area contributed by atoms with E-state index in [2.05, 4.69) is 4.98 Å². The highest BCUT2D eigenvalue weighted by molar-refractivity contribution is 5.94. The molecular formula is C9H10F2N2O. The van der Waals surface area contributed by atoms with Crippen molar-refractivity contribution in [3.8, 4) is 0 Å². The van der Waals surface area contributed by atoms with E-state index < -0.39 is 12.5 Å². The van der Waals surface area contributed by atoms with E-state index >= 15 is 0 Å². The summed E-state index contributed by atoms with van der Waals surface area (Å²) < 4.78 is 25.6. The topological polar surface area (TPSA) is 36.1 Å². The Morgan fingerprint density at radius 2 is 2.36 bits per heavy atom. The van der Waals surface area contributed by atoms with E-state index in [1.807, 2.05) is 0 Å². The number of aromatic nitrogens is 1. The minimum atomic E-state index is -2.72. The van der Waals surface area contributed by atoms with E-state index in [1.165, 1.54) is 11.1 Å². The van der Waals surface area contributed by atoms with Gasteiger partial charge in [-0.1, -0.05) is 0 Å². The summed E-state index contributed by atoms with van der Waals surface area (Å²) in [4.78, 5) is 15.5. The maximum atomic E-state index is 12.8. The fourth-order valence-corrected chi connectivity index (χ4v) is 1.55. The molecule has 1 amide bonds. The zero-order chi connectivity index (χ0) is 10.2. The summed E-state index contributed by atoms with van der Waals surface area (Å²) in [6.45, 7) is -0.325. The van der Waals surface area contributed by atoms with E-state index in [-0.39, 0.29) is 18.9 Å². The molecule has 1 aliphatic heterocycles. The summed E-state index contributed by atoms with van der Waals surface area (Å²) in [7, 11) is 0. The van der Waals surface area contributed by atoms with Crippen LogP contribution in [0.5, 0.6) is 0 Å². The zero-order valence-electron chi connectivity index (χ0n) is 7.46. The smallest absolute Gasteiger partial charge is 0.267 e. The number of H-pyrrole nitrogens is 1. The van der Waals surface area contributed by atoms with Crippen molar-refractivity contribution < 1.29 is 13.6 Å². The first kappa shape index (κ1) is 9.18. The lowest BCUT2D eigenvalue weighted by Gasteiger charge is -2.14. The van der Waals surface area contributed by atoms with Gasteiger partial charge in [-0.3, -0.25) is 4.79 Å². The van der Waals surface area contributed by atoms with Crippen LogP contribution in [0.25, 0.3) is 0 Å². The molecule has 2 heterocycles. The maximum Gasteiger partial charge on any atom is 0.267 e. The van der Waals surface area contributed by atoms with Crippen LogP contribution in [-0.4, -0.2) is 34.8 Å². The first-order chi connectivity index (χ1) is 6.58. The molecule has 0 aliphatic carbocycles. The van der Waals surface area contributed by atoms with Gasteiger partial charge in [-0.25, -0.2) is 8.78 Å². The van der Waals surface area contributed by atoms with Gasteiger partial charge in [0, 0.05) is 25.4 Å². The van der Waals surface area contributed by atoms with Crippen molar-refractivity contribution in [3.05, 3.63) is 24.0 Å². The lowest BCUT2D eigenvalue weighted by atomic mass is 10.3. The average molecular weight is 200 g/mol. The summed E-state index contributed by atoms with van der Waals surface area (Å²) in [5.74, 6) is -3.05. The summed E-state index contributed by atoms with van der Waals surface area (Å²) in [6, 6.07) is 1.58. The predicted molar refractivity (Wildman–Crippen MR) is 46.3 cm³/mol. The van der Waals surface area contributed by atoms with Crippen molar-refractivity contribution in [2.75, 3.05) is 13.1 Å². The maximum absolute atomic E-state index is 12.8. The number of carbonyl (C=O) groups is 1. The number of hydrogen-bond acceptors (Lipinski definition) is 1. The van der Waals surface area contributed by atoms with Crippen LogP contribution in [0.15, 0.2) is 18.5 Å². The lowest BCUT2D eigenvalue weighted by Crippen LogP contribution is -2.31. The number of halogens is 2. The van der Waals surface area contributed by atoms with Crippen molar-refractivity contribution >= 4 is 5.91 Å². The van der Waals surface area contributed by atoms with Crippen molar-refractivity contribution in [2.45, 2.75) is 12.3 Å². The Morgan fingerprint density at radius 1 is 1.57 bits per heavy atom. The van der Waals surface area contributed by atoms with Gasteiger partial charge in [0.15, 0.2) is 0 Å². The molecule has 0 spiro atoms. The number of nitrogens with zero attached hydrogens (tertiary/aromatic N) is 1. The van der Waals surface area contributed by atoms with Crippen molar-refractivity contribution in [2.24, 2.45) is 0 Å². The Labute approximate surface area is 79.7 Å². The highest BCUT2D eigenvalue weighted by Gasteiger charge is 2.40. The fraction of sp³-hybridized carbons (Fsp3) is 0.444. The fourth-order valence-electron chi connectivity index (χ4n) is 1.55. The molecule has 76 valence electrons. The van der Waals surface area contributed by atoms with Gasteiger partial charge in [-0.15, -0.1) is 0 Å². The van der Waals surface area contributed by atoms with Crippen molar-refractivity contribution in [3.63, 3.8) is 0 Å². The van der Waals surface area contributed by atoms with Crippen molar-refractivity contribution in [1.29, 1.82) is 0 Å². The van der Waals surface area contributed by atoms with E-state index in [0.29, 0.717) is 5.56 Å². The normalized spacial score (nSPS) is 20.0. The molecule has 1 fully saturated rings. The summed E-state index contributed by atoms with van der Waals surface area (Å²) in [6.07, 6.45) is 2.88. The third-order valence-electron chi connectivity index (χ3n) is 2.30. The van der Waals surface area contributed by atoms with E-state index in [9.17, 15) is 13.6 Å². The van der Waals surface area contributed by atoms with E-state index in [4.69, 9.17) is 0 Å². The van der Waals surface area contributed by atoms with Crippen LogP contribution in [0.4, 0.5) is 8.78 Å². The number of aromatic amines is 1. The lowest BCUT2D eigenvalue weighted by molar-refractivity contribution is 0.0120. The van der Waals surface area contributed by atoms with Crippen LogP contribution < -0.4 is 0 Å².